The lowest BCUT2D eigenvalue weighted by molar-refractivity contribution is -0.140. The summed E-state index contributed by atoms with van der Waals surface area (Å²) in [6.07, 6.45) is 13.0. The van der Waals surface area contributed by atoms with Crippen LogP contribution in [0.1, 0.15) is 110 Å². The summed E-state index contributed by atoms with van der Waals surface area (Å²) in [6.45, 7) is 1.76. The molecule has 3 heterocycles. The van der Waals surface area contributed by atoms with E-state index in [0.717, 1.165) is 93.7 Å². The molecule has 6 nitrogen and oxygen atoms in total. The Labute approximate surface area is 214 Å². The van der Waals surface area contributed by atoms with E-state index in [4.69, 9.17) is 14.7 Å². The molecule has 3 aliphatic carbocycles. The quantitative estimate of drug-likeness (QED) is 0.379. The Hall–Kier alpha value is -2.47. The summed E-state index contributed by atoms with van der Waals surface area (Å²) in [6, 6.07) is 8.60. The maximum atomic E-state index is 12.5. The summed E-state index contributed by atoms with van der Waals surface area (Å²) in [5.74, 6) is 1.11. The lowest BCUT2D eigenvalue weighted by Crippen LogP contribution is -2.23. The summed E-state index contributed by atoms with van der Waals surface area (Å²) in [7, 11) is 0. The average molecular weight is 490 g/mol. The van der Waals surface area contributed by atoms with E-state index in [9.17, 15) is 9.90 Å². The van der Waals surface area contributed by atoms with E-state index >= 15 is 0 Å². The number of pyridine rings is 2. The molecule has 6 rings (SSSR count). The number of nitrogens with zero attached hydrogens (tertiary/aromatic N) is 2. The predicted octanol–water partition coefficient (Wildman–Crippen LogP) is 5.97. The van der Waals surface area contributed by atoms with Gasteiger partial charge in [-0.3, -0.25) is 9.78 Å². The van der Waals surface area contributed by atoms with Crippen molar-refractivity contribution in [3.8, 4) is 0 Å². The van der Waals surface area contributed by atoms with E-state index in [1.807, 2.05) is 0 Å². The fourth-order valence-corrected chi connectivity index (χ4v) is 6.24. The van der Waals surface area contributed by atoms with Gasteiger partial charge >= 0.3 is 5.97 Å². The van der Waals surface area contributed by atoms with E-state index in [2.05, 4.69) is 29.6 Å². The summed E-state index contributed by atoms with van der Waals surface area (Å²) in [4.78, 5) is 22.3. The van der Waals surface area contributed by atoms with Gasteiger partial charge in [-0.05, 0) is 106 Å². The number of carboxylic acids is 1. The molecule has 0 radical (unpaired) electrons. The average Bonchev–Trinajstić information content (AvgIpc) is 3.82. The van der Waals surface area contributed by atoms with Crippen molar-refractivity contribution in [2.45, 2.75) is 101 Å². The number of nitrogens with one attached hydrogen (secondary N) is 1. The molecule has 4 aliphatic rings. The number of anilines is 1. The first-order valence-corrected chi connectivity index (χ1v) is 14.2. The largest absolute Gasteiger partial charge is 0.481 e. The lowest BCUT2D eigenvalue weighted by atomic mass is 9.83. The number of aryl methyl sites for hydroxylation is 2. The standard InChI is InChI=1S/C30H39N3O3/c34-30(35)27(25-14-15-26(19-6-7-19)33-28(25)20-8-9-20)22-11-13-24(18-22)36-17-2-1-5-23-12-10-21-4-3-16-31-29(21)32-23/h10,12,14-15,19-20,22,24,27H,1-9,11,13,16-18H2,(H,31,32)(H,34,35)/t22?,24-,27-/m1/s1. The van der Waals surface area contributed by atoms with Crippen molar-refractivity contribution in [3.05, 3.63) is 52.5 Å². The maximum Gasteiger partial charge on any atom is 0.311 e. The highest BCUT2D eigenvalue weighted by Gasteiger charge is 2.40. The third-order valence-electron chi connectivity index (χ3n) is 8.57. The number of hydrogen-bond acceptors (Lipinski definition) is 5. The third kappa shape index (κ3) is 5.44. The van der Waals surface area contributed by atoms with Crippen molar-refractivity contribution in [3.63, 3.8) is 0 Å². The number of unbranched alkanes of at least 4 members (excludes halogenated alkanes) is 1. The number of carbonyl (C=O) groups is 1. The second-order valence-electron chi connectivity index (χ2n) is 11.4. The van der Waals surface area contributed by atoms with Crippen LogP contribution < -0.4 is 5.32 Å². The van der Waals surface area contributed by atoms with E-state index in [1.165, 1.54) is 30.5 Å². The molecule has 2 aromatic heterocycles. The van der Waals surface area contributed by atoms with Gasteiger partial charge in [0.05, 0.1) is 12.0 Å². The number of hydrogen-bond donors (Lipinski definition) is 2. The molecule has 0 saturated heterocycles. The molecule has 3 fully saturated rings. The van der Waals surface area contributed by atoms with E-state index in [-0.39, 0.29) is 12.0 Å². The normalized spacial score (nSPS) is 24.2. The maximum absolute atomic E-state index is 12.5. The molecule has 36 heavy (non-hydrogen) atoms. The van der Waals surface area contributed by atoms with Crippen LogP contribution in [0, 0.1) is 5.92 Å². The second-order valence-corrected chi connectivity index (χ2v) is 11.4. The van der Waals surface area contributed by atoms with Gasteiger partial charge in [-0.15, -0.1) is 0 Å². The minimum Gasteiger partial charge on any atom is -0.481 e. The van der Waals surface area contributed by atoms with Gasteiger partial charge in [0.25, 0.3) is 0 Å². The minimum absolute atomic E-state index is 0.130. The molecule has 3 saturated carbocycles. The van der Waals surface area contributed by atoms with Gasteiger partial charge in [-0.2, -0.15) is 0 Å². The number of aliphatic carboxylic acids is 1. The Morgan fingerprint density at radius 1 is 1.03 bits per heavy atom. The van der Waals surface area contributed by atoms with Gasteiger partial charge in [0.15, 0.2) is 0 Å². The molecule has 0 amide bonds. The molecule has 192 valence electrons. The van der Waals surface area contributed by atoms with Gasteiger partial charge < -0.3 is 15.2 Å². The van der Waals surface area contributed by atoms with Crippen LogP contribution in [-0.2, 0) is 22.4 Å². The van der Waals surface area contributed by atoms with E-state index in [0.29, 0.717) is 11.8 Å². The van der Waals surface area contributed by atoms with E-state index in [1.54, 1.807) is 0 Å². The molecule has 2 aromatic rings. The summed E-state index contributed by atoms with van der Waals surface area (Å²) in [5.41, 5.74) is 5.73. The Morgan fingerprint density at radius 2 is 1.89 bits per heavy atom. The van der Waals surface area contributed by atoms with Gasteiger partial charge in [-0.1, -0.05) is 12.1 Å². The van der Waals surface area contributed by atoms with Crippen LogP contribution in [0.4, 0.5) is 5.82 Å². The molecule has 6 heteroatoms. The Kier molecular flexibility index (Phi) is 6.96. The zero-order valence-electron chi connectivity index (χ0n) is 21.3. The van der Waals surface area contributed by atoms with Crippen LogP contribution in [0.25, 0.3) is 0 Å². The highest BCUT2D eigenvalue weighted by atomic mass is 16.5. The first-order chi connectivity index (χ1) is 17.7. The molecule has 3 atom stereocenters. The molecular weight excluding hydrogens is 450 g/mol. The van der Waals surface area contributed by atoms with Crippen LogP contribution >= 0.6 is 0 Å². The molecule has 1 aliphatic heterocycles. The third-order valence-corrected chi connectivity index (χ3v) is 8.57. The van der Waals surface area contributed by atoms with Gasteiger partial charge in [0, 0.05) is 42.1 Å². The Balaban J connectivity index is 1.00. The molecule has 0 spiro atoms. The number of carboxylic acid groups (broad SMARTS) is 1. The van der Waals surface area contributed by atoms with Crippen molar-refractivity contribution >= 4 is 11.8 Å². The minimum atomic E-state index is -0.699. The zero-order valence-corrected chi connectivity index (χ0v) is 21.3. The van der Waals surface area contributed by atoms with Crippen LogP contribution in [0.2, 0.25) is 0 Å². The van der Waals surface area contributed by atoms with Crippen molar-refractivity contribution in [1.82, 2.24) is 9.97 Å². The van der Waals surface area contributed by atoms with Gasteiger partial charge in [0.2, 0.25) is 0 Å². The topological polar surface area (TPSA) is 84.3 Å². The Bertz CT molecular complexity index is 1090. The van der Waals surface area contributed by atoms with Crippen LogP contribution in [-0.4, -0.2) is 40.3 Å². The monoisotopic (exact) mass is 489 g/mol. The SMILES string of the molecule is O=C(O)[C@@H](c1ccc(C2CC2)nc1C1CC1)C1CC[C@@H](OCCCCc2ccc3c(n2)NCCC3)C1. The number of aromatic nitrogens is 2. The fraction of sp³-hybridized carbons (Fsp3) is 0.633. The summed E-state index contributed by atoms with van der Waals surface area (Å²) in [5, 5.41) is 13.7. The summed E-state index contributed by atoms with van der Waals surface area (Å²) < 4.78 is 6.24. The zero-order chi connectivity index (χ0) is 24.5. The highest BCUT2D eigenvalue weighted by molar-refractivity contribution is 5.77. The lowest BCUT2D eigenvalue weighted by Gasteiger charge is -2.23. The van der Waals surface area contributed by atoms with Crippen molar-refractivity contribution in [1.29, 1.82) is 0 Å². The molecule has 1 unspecified atom stereocenters. The smallest absolute Gasteiger partial charge is 0.311 e. The molecule has 0 aromatic carbocycles. The first kappa shape index (κ1) is 23.9. The van der Waals surface area contributed by atoms with Gasteiger partial charge in [0.1, 0.15) is 5.82 Å². The van der Waals surface area contributed by atoms with Crippen molar-refractivity contribution in [2.24, 2.45) is 5.92 Å². The molecular formula is C30H39N3O3. The highest BCUT2D eigenvalue weighted by Crippen LogP contribution is 2.48. The second kappa shape index (κ2) is 10.5. The van der Waals surface area contributed by atoms with Gasteiger partial charge in [-0.25, -0.2) is 4.98 Å². The van der Waals surface area contributed by atoms with Crippen LogP contribution in [0.5, 0.6) is 0 Å². The number of rotatable bonds is 11. The number of ether oxygens (including phenoxy) is 1. The van der Waals surface area contributed by atoms with Crippen molar-refractivity contribution < 1.29 is 14.6 Å². The molecule has 0 bridgehead atoms. The summed E-state index contributed by atoms with van der Waals surface area (Å²) >= 11 is 0. The Morgan fingerprint density at radius 3 is 2.69 bits per heavy atom. The number of fused-ring (bicyclic) bond motifs is 1. The fourth-order valence-electron chi connectivity index (χ4n) is 6.24. The molecule has 2 N–H and O–H groups in total. The predicted molar refractivity (Wildman–Crippen MR) is 140 cm³/mol. The van der Waals surface area contributed by atoms with Crippen LogP contribution in [0.3, 0.4) is 0 Å². The van der Waals surface area contributed by atoms with E-state index < -0.39 is 11.9 Å². The van der Waals surface area contributed by atoms with Crippen molar-refractivity contribution in [2.75, 3.05) is 18.5 Å². The van der Waals surface area contributed by atoms with Crippen LogP contribution in [0.15, 0.2) is 24.3 Å². The first-order valence-electron chi connectivity index (χ1n) is 14.2.